The first-order valence-electron chi connectivity index (χ1n) is 7.79. The molecule has 0 saturated carbocycles. The van der Waals surface area contributed by atoms with E-state index in [0.717, 1.165) is 25.2 Å². The van der Waals surface area contributed by atoms with Crippen molar-refractivity contribution < 1.29 is 4.74 Å². The summed E-state index contributed by atoms with van der Waals surface area (Å²) in [7, 11) is 0. The number of hydrazine groups is 1. The Morgan fingerprint density at radius 3 is 3.05 bits per heavy atom. The molecule has 0 radical (unpaired) electrons. The maximum absolute atomic E-state index is 5.99. The van der Waals surface area contributed by atoms with Crippen LogP contribution in [0.15, 0.2) is 18.2 Å². The third-order valence-electron chi connectivity index (χ3n) is 4.30. The Labute approximate surface area is 135 Å². The van der Waals surface area contributed by atoms with Crippen LogP contribution in [0.2, 0.25) is 0 Å². The van der Waals surface area contributed by atoms with E-state index >= 15 is 0 Å². The number of nitrogens with two attached hydrogens (primary N) is 1. The molecule has 5 heteroatoms. The van der Waals surface area contributed by atoms with Crippen LogP contribution in [0.1, 0.15) is 36.9 Å². The van der Waals surface area contributed by atoms with Crippen LogP contribution in [0, 0.1) is 0 Å². The van der Waals surface area contributed by atoms with Gasteiger partial charge in [0.25, 0.3) is 0 Å². The molecule has 1 aromatic carbocycles. The van der Waals surface area contributed by atoms with Crippen LogP contribution in [0.5, 0.6) is 5.75 Å². The molecule has 1 saturated heterocycles. The third-order valence-corrected chi connectivity index (χ3v) is 7.65. The van der Waals surface area contributed by atoms with Gasteiger partial charge >= 0.3 is 0 Å². The molecule has 0 aromatic heterocycles. The number of hydrogen-bond acceptors (Lipinski definition) is 5. The van der Waals surface area contributed by atoms with Crippen molar-refractivity contribution >= 4 is 23.5 Å². The Bertz CT molecular complexity index is 483. The van der Waals surface area contributed by atoms with Gasteiger partial charge in [-0.2, -0.15) is 23.5 Å². The Morgan fingerprint density at radius 2 is 2.24 bits per heavy atom. The van der Waals surface area contributed by atoms with Crippen molar-refractivity contribution in [1.82, 2.24) is 5.43 Å². The van der Waals surface area contributed by atoms with Crippen LogP contribution in [-0.2, 0) is 6.42 Å². The molecule has 2 aliphatic rings. The van der Waals surface area contributed by atoms with Crippen molar-refractivity contribution in [2.75, 3.05) is 18.1 Å². The first-order valence-corrected chi connectivity index (χ1v) is 9.88. The monoisotopic (exact) mass is 324 g/mol. The molecule has 3 rings (SSSR count). The summed E-state index contributed by atoms with van der Waals surface area (Å²) < 4.78 is 5.99. The number of fused-ring (bicyclic) bond motifs is 1. The molecular formula is C16H24N2OS2. The van der Waals surface area contributed by atoms with Crippen LogP contribution in [0.25, 0.3) is 0 Å². The molecule has 3 nitrogen and oxygen atoms in total. The van der Waals surface area contributed by atoms with Crippen LogP contribution in [0.3, 0.4) is 0 Å². The molecule has 3 atom stereocenters. The fourth-order valence-corrected chi connectivity index (χ4v) is 6.49. The fraction of sp³-hybridized carbons (Fsp3) is 0.625. The zero-order valence-electron chi connectivity index (χ0n) is 12.5. The average Bonchev–Trinajstić information content (AvgIpc) is 2.56. The molecule has 2 heterocycles. The molecule has 0 bridgehead atoms. The molecule has 0 aliphatic carbocycles. The van der Waals surface area contributed by atoms with Crippen molar-refractivity contribution in [2.45, 2.75) is 42.7 Å². The molecule has 2 aliphatic heterocycles. The van der Waals surface area contributed by atoms with E-state index in [1.165, 1.54) is 29.1 Å². The minimum atomic E-state index is 0.167. The summed E-state index contributed by atoms with van der Waals surface area (Å²) in [6, 6.07) is 6.68. The number of benzene rings is 1. The largest absolute Gasteiger partial charge is 0.493 e. The zero-order valence-corrected chi connectivity index (χ0v) is 14.1. The van der Waals surface area contributed by atoms with Crippen molar-refractivity contribution in [1.29, 1.82) is 0 Å². The van der Waals surface area contributed by atoms with Gasteiger partial charge in [0, 0.05) is 27.6 Å². The number of rotatable bonds is 4. The summed E-state index contributed by atoms with van der Waals surface area (Å²) in [5.41, 5.74) is 5.67. The highest BCUT2D eigenvalue weighted by Gasteiger charge is 2.34. The Balaban J connectivity index is 1.92. The first-order chi connectivity index (χ1) is 10.3. The van der Waals surface area contributed by atoms with Crippen LogP contribution >= 0.6 is 23.5 Å². The van der Waals surface area contributed by atoms with E-state index in [2.05, 4.69) is 54.1 Å². The summed E-state index contributed by atoms with van der Waals surface area (Å²) in [5, 5.41) is 1.17. The molecular weight excluding hydrogens is 300 g/mol. The maximum atomic E-state index is 5.99. The highest BCUT2D eigenvalue weighted by molar-refractivity contribution is 8.07. The van der Waals surface area contributed by atoms with Gasteiger partial charge in [-0.15, -0.1) is 0 Å². The second kappa shape index (κ2) is 7.27. The second-order valence-corrected chi connectivity index (χ2v) is 8.22. The topological polar surface area (TPSA) is 47.3 Å². The van der Waals surface area contributed by atoms with Crippen molar-refractivity contribution in [3.8, 4) is 5.75 Å². The lowest BCUT2D eigenvalue weighted by atomic mass is 9.95. The highest BCUT2D eigenvalue weighted by atomic mass is 32.2. The zero-order chi connectivity index (χ0) is 14.7. The van der Waals surface area contributed by atoms with Crippen molar-refractivity contribution in [2.24, 2.45) is 5.84 Å². The standard InChI is InChI=1S/C16H24N2OS2/c1-2-13-16(21-10-9-20-13)14(18-17)12-7-3-5-11-6-4-8-19-15(11)12/h3,5,7,13-14,16,18H,2,4,6,8-10,17H2,1H3. The molecule has 3 N–H and O–H groups in total. The normalized spacial score (nSPS) is 26.8. The average molecular weight is 325 g/mol. The fourth-order valence-electron chi connectivity index (χ4n) is 3.27. The molecule has 3 unspecified atom stereocenters. The van der Waals surface area contributed by atoms with E-state index in [0.29, 0.717) is 10.5 Å². The SMILES string of the molecule is CCC1SCCSC1C(NN)c1cccc2c1OCCC2. The van der Waals surface area contributed by atoms with Crippen molar-refractivity contribution in [3.63, 3.8) is 0 Å². The van der Waals surface area contributed by atoms with Crippen LogP contribution in [-0.4, -0.2) is 28.6 Å². The summed E-state index contributed by atoms with van der Waals surface area (Å²) in [6.45, 7) is 3.10. The Hall–Kier alpha value is -0.360. The Morgan fingerprint density at radius 1 is 1.38 bits per heavy atom. The summed E-state index contributed by atoms with van der Waals surface area (Å²) in [5.74, 6) is 9.50. The molecule has 1 aromatic rings. The molecule has 21 heavy (non-hydrogen) atoms. The van der Waals surface area contributed by atoms with Gasteiger partial charge in [0.2, 0.25) is 0 Å². The van der Waals surface area contributed by atoms with E-state index in [9.17, 15) is 0 Å². The molecule has 1 fully saturated rings. The van der Waals surface area contributed by atoms with Gasteiger partial charge in [-0.1, -0.05) is 25.1 Å². The third kappa shape index (κ3) is 3.21. The molecule has 116 valence electrons. The lowest BCUT2D eigenvalue weighted by molar-refractivity contribution is 0.281. The predicted octanol–water partition coefficient (Wildman–Crippen LogP) is 3.14. The summed E-state index contributed by atoms with van der Waals surface area (Å²) in [6.07, 6.45) is 3.42. The number of aryl methyl sites for hydroxylation is 1. The number of para-hydroxylation sites is 1. The van der Waals surface area contributed by atoms with E-state index in [-0.39, 0.29) is 6.04 Å². The van der Waals surface area contributed by atoms with Gasteiger partial charge in [-0.3, -0.25) is 11.3 Å². The lowest BCUT2D eigenvalue weighted by Crippen LogP contribution is -2.42. The Kier molecular flexibility index (Phi) is 5.38. The van der Waals surface area contributed by atoms with E-state index in [4.69, 9.17) is 10.6 Å². The number of nitrogens with one attached hydrogen (secondary N) is 1. The van der Waals surface area contributed by atoms with Gasteiger partial charge in [-0.05, 0) is 24.8 Å². The van der Waals surface area contributed by atoms with Crippen LogP contribution in [0.4, 0.5) is 0 Å². The van der Waals surface area contributed by atoms with E-state index in [1.54, 1.807) is 0 Å². The lowest BCUT2D eigenvalue weighted by Gasteiger charge is -2.37. The highest BCUT2D eigenvalue weighted by Crippen LogP contribution is 2.43. The van der Waals surface area contributed by atoms with Gasteiger partial charge in [0.1, 0.15) is 5.75 Å². The molecule has 0 amide bonds. The first kappa shape index (κ1) is 15.5. The summed E-state index contributed by atoms with van der Waals surface area (Å²) in [4.78, 5) is 0. The number of ether oxygens (including phenoxy) is 1. The minimum absolute atomic E-state index is 0.167. The van der Waals surface area contributed by atoms with Gasteiger partial charge in [0.15, 0.2) is 0 Å². The van der Waals surface area contributed by atoms with E-state index in [1.807, 2.05) is 0 Å². The quantitative estimate of drug-likeness (QED) is 0.658. The van der Waals surface area contributed by atoms with Crippen molar-refractivity contribution in [3.05, 3.63) is 29.3 Å². The summed E-state index contributed by atoms with van der Waals surface area (Å²) >= 11 is 4.15. The van der Waals surface area contributed by atoms with Gasteiger partial charge < -0.3 is 4.74 Å². The number of thioether (sulfide) groups is 2. The van der Waals surface area contributed by atoms with Gasteiger partial charge in [0.05, 0.1) is 12.6 Å². The number of hydrogen-bond donors (Lipinski definition) is 2. The second-order valence-electron chi connectivity index (χ2n) is 5.58. The predicted molar refractivity (Wildman–Crippen MR) is 93.1 cm³/mol. The maximum Gasteiger partial charge on any atom is 0.127 e. The smallest absolute Gasteiger partial charge is 0.127 e. The minimum Gasteiger partial charge on any atom is -0.493 e. The van der Waals surface area contributed by atoms with E-state index < -0.39 is 0 Å². The van der Waals surface area contributed by atoms with Gasteiger partial charge in [-0.25, -0.2) is 0 Å². The van der Waals surface area contributed by atoms with Crippen LogP contribution < -0.4 is 16.0 Å². The molecule has 0 spiro atoms.